The van der Waals surface area contributed by atoms with Crippen molar-refractivity contribution in [3.8, 4) is 5.75 Å². The maximum absolute atomic E-state index is 12.7. The second kappa shape index (κ2) is 9.33. The van der Waals surface area contributed by atoms with Crippen LogP contribution in [-0.4, -0.2) is 41.4 Å². The molecule has 1 aromatic rings. The molecular formula is C18H25ClN2O2S. The van der Waals surface area contributed by atoms with E-state index in [0.29, 0.717) is 21.6 Å². The highest BCUT2D eigenvalue weighted by Crippen LogP contribution is 2.30. The molecule has 1 atom stereocenters. The zero-order valence-electron chi connectivity index (χ0n) is 14.5. The molecule has 0 saturated carbocycles. The van der Waals surface area contributed by atoms with E-state index in [2.05, 4.69) is 23.7 Å². The molecule has 1 fully saturated rings. The number of unbranched alkanes of at least 4 members (excludes halogenated alkanes) is 1. The van der Waals surface area contributed by atoms with Gasteiger partial charge in [0.1, 0.15) is 5.75 Å². The number of hydrogen-bond donors (Lipinski definition) is 0. The fraction of sp³-hybridized carbons (Fsp3) is 0.556. The van der Waals surface area contributed by atoms with Crippen LogP contribution in [0.5, 0.6) is 5.75 Å². The first-order chi connectivity index (χ1) is 11.6. The molecule has 0 bridgehead atoms. The van der Waals surface area contributed by atoms with E-state index in [1.165, 1.54) is 0 Å². The van der Waals surface area contributed by atoms with Crippen LogP contribution in [0, 0.1) is 0 Å². The zero-order valence-corrected chi connectivity index (χ0v) is 16.1. The number of nitrogens with zero attached hydrogens (tertiary/aromatic N) is 2. The quantitative estimate of drug-likeness (QED) is 0.689. The molecule has 0 spiro atoms. The summed E-state index contributed by atoms with van der Waals surface area (Å²) in [7, 11) is 1.54. The van der Waals surface area contributed by atoms with E-state index >= 15 is 0 Å². The van der Waals surface area contributed by atoms with Gasteiger partial charge in [0.2, 0.25) is 0 Å². The summed E-state index contributed by atoms with van der Waals surface area (Å²) in [4.78, 5) is 19.3. The number of halogens is 1. The predicted octanol–water partition coefficient (Wildman–Crippen LogP) is 4.86. The molecule has 4 nitrogen and oxygen atoms in total. The van der Waals surface area contributed by atoms with E-state index in [9.17, 15) is 4.79 Å². The Morgan fingerprint density at radius 2 is 2.21 bits per heavy atom. The van der Waals surface area contributed by atoms with Crippen molar-refractivity contribution >= 4 is 34.4 Å². The van der Waals surface area contributed by atoms with Crippen molar-refractivity contribution < 1.29 is 9.53 Å². The molecule has 1 unspecified atom stereocenters. The molecule has 1 aliphatic rings. The van der Waals surface area contributed by atoms with Crippen LogP contribution in [0.25, 0.3) is 0 Å². The smallest absolute Gasteiger partial charge is 0.283 e. The predicted molar refractivity (Wildman–Crippen MR) is 103 cm³/mol. The number of aliphatic imine (C=N–C) groups is 1. The molecule has 0 radical (unpaired) electrons. The highest BCUT2D eigenvalue weighted by molar-refractivity contribution is 8.14. The van der Waals surface area contributed by atoms with Crippen LogP contribution in [0.1, 0.15) is 49.9 Å². The Morgan fingerprint density at radius 3 is 2.88 bits per heavy atom. The van der Waals surface area contributed by atoms with Gasteiger partial charge in [0.15, 0.2) is 5.17 Å². The summed E-state index contributed by atoms with van der Waals surface area (Å²) >= 11 is 7.74. The fourth-order valence-electron chi connectivity index (χ4n) is 2.68. The minimum absolute atomic E-state index is 0.296. The third-order valence-corrected chi connectivity index (χ3v) is 5.46. The Kier molecular flexibility index (Phi) is 7.43. The number of methoxy groups -OCH3 is 1. The number of benzene rings is 1. The lowest BCUT2D eigenvalue weighted by atomic mass is 10.2. The van der Waals surface area contributed by atoms with Crippen molar-refractivity contribution in [3.63, 3.8) is 0 Å². The van der Waals surface area contributed by atoms with Gasteiger partial charge in [0, 0.05) is 23.4 Å². The van der Waals surface area contributed by atoms with E-state index in [1.54, 1.807) is 37.1 Å². The largest absolute Gasteiger partial charge is 0.496 e. The molecule has 0 N–H and O–H groups in total. The van der Waals surface area contributed by atoms with Crippen molar-refractivity contribution in [2.45, 2.75) is 44.8 Å². The van der Waals surface area contributed by atoms with Crippen LogP contribution >= 0.6 is 23.4 Å². The lowest BCUT2D eigenvalue weighted by Gasteiger charge is -2.17. The molecule has 6 heteroatoms. The highest BCUT2D eigenvalue weighted by atomic mass is 35.5. The molecule has 1 saturated heterocycles. The van der Waals surface area contributed by atoms with Crippen molar-refractivity contribution in [1.82, 2.24) is 4.90 Å². The maximum atomic E-state index is 12.7. The summed E-state index contributed by atoms with van der Waals surface area (Å²) in [5, 5.41) is 1.85. The number of carbonyl (C=O) groups excluding carboxylic acids is 1. The van der Waals surface area contributed by atoms with Gasteiger partial charge in [-0.1, -0.05) is 50.1 Å². The van der Waals surface area contributed by atoms with Crippen molar-refractivity contribution in [1.29, 1.82) is 0 Å². The van der Waals surface area contributed by atoms with Crippen LogP contribution in [0.3, 0.4) is 0 Å². The molecule has 1 heterocycles. The van der Waals surface area contributed by atoms with Gasteiger partial charge in [0.25, 0.3) is 5.91 Å². The van der Waals surface area contributed by atoms with E-state index in [0.717, 1.165) is 43.9 Å². The fourth-order valence-corrected chi connectivity index (χ4v) is 4.21. The topological polar surface area (TPSA) is 41.9 Å². The van der Waals surface area contributed by atoms with Crippen LogP contribution in [0.4, 0.5) is 0 Å². The first kappa shape index (κ1) is 19.1. The molecule has 132 valence electrons. The van der Waals surface area contributed by atoms with Gasteiger partial charge in [-0.05, 0) is 31.0 Å². The number of carbonyl (C=O) groups is 1. The Labute approximate surface area is 153 Å². The van der Waals surface area contributed by atoms with E-state index < -0.39 is 0 Å². The van der Waals surface area contributed by atoms with Gasteiger partial charge in [-0.3, -0.25) is 4.79 Å². The number of hydrogen-bond acceptors (Lipinski definition) is 3. The van der Waals surface area contributed by atoms with Crippen molar-refractivity contribution in [2.75, 3.05) is 20.2 Å². The summed E-state index contributed by atoms with van der Waals surface area (Å²) < 4.78 is 5.27. The van der Waals surface area contributed by atoms with E-state index in [4.69, 9.17) is 16.3 Å². The van der Waals surface area contributed by atoms with Crippen LogP contribution in [0.15, 0.2) is 23.2 Å². The summed E-state index contributed by atoms with van der Waals surface area (Å²) in [6, 6.07) is 5.03. The minimum Gasteiger partial charge on any atom is -0.496 e. The number of thioether (sulfide) groups is 1. The van der Waals surface area contributed by atoms with Crippen molar-refractivity contribution in [3.05, 3.63) is 28.8 Å². The Hall–Kier alpha value is -1.20. The maximum Gasteiger partial charge on any atom is 0.283 e. The average Bonchev–Trinajstić information content (AvgIpc) is 2.94. The highest BCUT2D eigenvalue weighted by Gasteiger charge is 2.29. The first-order valence-corrected chi connectivity index (χ1v) is 9.72. The third-order valence-electron chi connectivity index (χ3n) is 3.95. The number of amidine groups is 1. The summed E-state index contributed by atoms with van der Waals surface area (Å²) in [5.74, 6) is 0.206. The molecule has 0 aliphatic carbocycles. The Balaban J connectivity index is 2.22. The normalized spacial score (nSPS) is 19.1. The standard InChI is InChI=1S/C18H25ClN2O2S/c1-4-6-10-21-12-14(7-5-2)24-18(21)20-17(22)15-11-13(19)8-9-16(15)23-3/h8-9,11,14H,4-7,10,12H2,1-3H3/b20-18-. The molecule has 2 rings (SSSR count). The summed E-state index contributed by atoms with van der Waals surface area (Å²) in [6.45, 7) is 6.28. The second-order valence-corrected chi connectivity index (χ2v) is 7.58. The van der Waals surface area contributed by atoms with Crippen LogP contribution in [-0.2, 0) is 0 Å². The molecular weight excluding hydrogens is 344 g/mol. The van der Waals surface area contributed by atoms with Crippen molar-refractivity contribution in [2.24, 2.45) is 4.99 Å². The molecule has 0 aromatic heterocycles. The Bertz CT molecular complexity index is 607. The number of ether oxygens (including phenoxy) is 1. The molecule has 1 amide bonds. The molecule has 1 aromatic carbocycles. The van der Waals surface area contributed by atoms with Gasteiger partial charge >= 0.3 is 0 Å². The summed E-state index contributed by atoms with van der Waals surface area (Å²) in [6.07, 6.45) is 4.51. The average molecular weight is 369 g/mol. The lowest BCUT2D eigenvalue weighted by Crippen LogP contribution is -2.27. The van der Waals surface area contributed by atoms with Gasteiger partial charge in [-0.25, -0.2) is 0 Å². The molecule has 1 aliphatic heterocycles. The van der Waals surface area contributed by atoms with Gasteiger partial charge < -0.3 is 9.64 Å². The lowest BCUT2D eigenvalue weighted by molar-refractivity contribution is 0.0999. The summed E-state index contributed by atoms with van der Waals surface area (Å²) in [5.41, 5.74) is 0.410. The second-order valence-electron chi connectivity index (χ2n) is 5.87. The minimum atomic E-state index is -0.296. The van der Waals surface area contributed by atoms with Crippen LogP contribution in [0.2, 0.25) is 5.02 Å². The number of amides is 1. The van der Waals surface area contributed by atoms with Gasteiger partial charge in [-0.2, -0.15) is 4.99 Å². The number of rotatable bonds is 7. The SMILES string of the molecule is CCCCN1CC(CCC)S/C1=N\C(=O)c1cc(Cl)ccc1OC. The van der Waals surface area contributed by atoms with Gasteiger partial charge in [-0.15, -0.1) is 0 Å². The third kappa shape index (κ3) is 4.90. The molecule has 24 heavy (non-hydrogen) atoms. The monoisotopic (exact) mass is 368 g/mol. The van der Waals surface area contributed by atoms with E-state index in [1.807, 2.05) is 0 Å². The first-order valence-electron chi connectivity index (χ1n) is 8.47. The van der Waals surface area contributed by atoms with Gasteiger partial charge in [0.05, 0.1) is 12.7 Å². The zero-order chi connectivity index (χ0) is 17.5. The van der Waals surface area contributed by atoms with E-state index in [-0.39, 0.29) is 5.91 Å². The Morgan fingerprint density at radius 1 is 1.42 bits per heavy atom. The van der Waals surface area contributed by atoms with Crippen LogP contribution < -0.4 is 4.74 Å².